The van der Waals surface area contributed by atoms with Gasteiger partial charge in [0.25, 0.3) is 5.91 Å². The van der Waals surface area contributed by atoms with Crippen molar-refractivity contribution in [2.75, 3.05) is 13.4 Å². The second kappa shape index (κ2) is 14.0. The van der Waals surface area contributed by atoms with E-state index in [4.69, 9.17) is 32.0 Å². The molecule has 1 amide bonds. The van der Waals surface area contributed by atoms with E-state index in [0.717, 1.165) is 4.85 Å². The van der Waals surface area contributed by atoms with Gasteiger partial charge in [-0.05, 0) is 46.9 Å². The van der Waals surface area contributed by atoms with Gasteiger partial charge in [0.1, 0.15) is 12.0 Å². The van der Waals surface area contributed by atoms with Crippen LogP contribution in [0.25, 0.3) is 11.1 Å². The van der Waals surface area contributed by atoms with Crippen LogP contribution in [0.15, 0.2) is 48.7 Å². The molecular weight excluding hydrogens is 533 g/mol. The summed E-state index contributed by atoms with van der Waals surface area (Å²) in [5.41, 5.74) is 7.45. The minimum atomic E-state index is -1.71. The van der Waals surface area contributed by atoms with E-state index in [1.165, 1.54) is 24.4 Å². The summed E-state index contributed by atoms with van der Waals surface area (Å²) in [6.07, 6.45) is -0.549. The summed E-state index contributed by atoms with van der Waals surface area (Å²) in [5.74, 6) is -2.25. The lowest BCUT2D eigenvalue weighted by atomic mass is 9.97. The molecule has 0 unspecified atom stereocenters. The van der Waals surface area contributed by atoms with E-state index in [2.05, 4.69) is 15.6 Å². The molecule has 3 atom stereocenters. The Morgan fingerprint density at radius 2 is 1.92 bits per heavy atom. The van der Waals surface area contributed by atoms with Crippen LogP contribution in [-0.2, 0) is 16.0 Å². The van der Waals surface area contributed by atoms with Gasteiger partial charge in [-0.25, -0.2) is 9.18 Å². The Morgan fingerprint density at radius 1 is 1.21 bits per heavy atom. The Bertz CT molecular complexity index is 1260. The number of aliphatic hydroxyl groups is 1. The maximum Gasteiger partial charge on any atom is 0.332 e. The fourth-order valence-electron chi connectivity index (χ4n) is 3.53. The Morgan fingerprint density at radius 3 is 2.59 bits per heavy atom. The maximum absolute atomic E-state index is 14.2. The Balaban J connectivity index is 1.64. The van der Waals surface area contributed by atoms with Crippen molar-refractivity contribution in [1.29, 1.82) is 0 Å². The first-order chi connectivity index (χ1) is 18.5. The van der Waals surface area contributed by atoms with Gasteiger partial charge in [-0.3, -0.25) is 4.79 Å². The number of halogens is 2. The van der Waals surface area contributed by atoms with Crippen LogP contribution in [0, 0.1) is 11.7 Å². The fraction of sp³-hybridized carbons (Fsp3) is 0.385. The first-order valence-electron chi connectivity index (χ1n) is 12.2. The molecule has 1 heterocycles. The Kier molecular flexibility index (Phi) is 10.8. The number of aliphatic carboxylic acids is 1. The SMILES string of the molecule is CC(C)[C@H](N)COCOn1cc(C(=O)N[C@H](Cc2ccc(-c3cc(Cl)ccc3F)cc2)C[C@@H](O)C(=O)O)nn1. The van der Waals surface area contributed by atoms with Crippen molar-refractivity contribution in [2.45, 2.75) is 44.9 Å². The van der Waals surface area contributed by atoms with Crippen molar-refractivity contribution < 1.29 is 33.8 Å². The van der Waals surface area contributed by atoms with Crippen LogP contribution in [-0.4, -0.2) is 68.8 Å². The average Bonchev–Trinajstić information content (AvgIpc) is 3.37. The Hall–Kier alpha value is -3.58. The van der Waals surface area contributed by atoms with Gasteiger partial charge in [0.2, 0.25) is 6.79 Å². The van der Waals surface area contributed by atoms with Gasteiger partial charge in [0.15, 0.2) is 11.8 Å². The summed E-state index contributed by atoms with van der Waals surface area (Å²) in [6, 6.07) is 10.1. The molecule has 0 saturated carbocycles. The van der Waals surface area contributed by atoms with Crippen molar-refractivity contribution in [1.82, 2.24) is 20.5 Å². The molecule has 0 bridgehead atoms. The van der Waals surface area contributed by atoms with E-state index in [0.29, 0.717) is 21.7 Å². The third-order valence-electron chi connectivity index (χ3n) is 5.94. The van der Waals surface area contributed by atoms with Crippen LogP contribution in [0.1, 0.15) is 36.3 Å². The molecule has 210 valence electrons. The third kappa shape index (κ3) is 8.99. The number of ether oxygens (including phenoxy) is 1. The lowest BCUT2D eigenvalue weighted by Crippen LogP contribution is -2.40. The number of hydrogen-bond donors (Lipinski definition) is 4. The smallest absolute Gasteiger partial charge is 0.332 e. The van der Waals surface area contributed by atoms with Crippen molar-refractivity contribution in [3.05, 3.63) is 70.8 Å². The monoisotopic (exact) mass is 563 g/mol. The third-order valence-corrected chi connectivity index (χ3v) is 6.18. The lowest BCUT2D eigenvalue weighted by molar-refractivity contribution is -0.147. The van der Waals surface area contributed by atoms with Gasteiger partial charge >= 0.3 is 5.97 Å². The molecule has 0 spiro atoms. The number of amides is 1. The highest BCUT2D eigenvalue weighted by Gasteiger charge is 2.24. The lowest BCUT2D eigenvalue weighted by Gasteiger charge is -2.20. The van der Waals surface area contributed by atoms with Crippen LogP contribution >= 0.6 is 11.6 Å². The zero-order chi connectivity index (χ0) is 28.5. The van der Waals surface area contributed by atoms with E-state index in [9.17, 15) is 19.1 Å². The average molecular weight is 564 g/mol. The van der Waals surface area contributed by atoms with Gasteiger partial charge in [0, 0.05) is 29.1 Å². The van der Waals surface area contributed by atoms with Crippen LogP contribution < -0.4 is 15.9 Å². The molecule has 3 aromatic rings. The second-order valence-electron chi connectivity index (χ2n) is 9.32. The number of carboxylic acids is 1. The first-order valence-corrected chi connectivity index (χ1v) is 12.6. The number of benzene rings is 2. The molecule has 0 aliphatic rings. The number of nitrogens with one attached hydrogen (secondary N) is 1. The molecule has 3 rings (SSSR count). The number of carbonyl (C=O) groups excluding carboxylic acids is 1. The van der Waals surface area contributed by atoms with Crippen LogP contribution in [0.5, 0.6) is 0 Å². The molecular formula is C26H31ClFN5O6. The molecule has 39 heavy (non-hydrogen) atoms. The summed E-state index contributed by atoms with van der Waals surface area (Å²) < 4.78 is 19.5. The summed E-state index contributed by atoms with van der Waals surface area (Å²) in [5, 5.41) is 29.6. The normalized spacial score (nSPS) is 13.6. The van der Waals surface area contributed by atoms with Gasteiger partial charge in [-0.2, -0.15) is 0 Å². The first kappa shape index (κ1) is 30.0. The number of hydrogen-bond acceptors (Lipinski definition) is 8. The van der Waals surface area contributed by atoms with Crippen LogP contribution in [0.2, 0.25) is 5.02 Å². The van der Waals surface area contributed by atoms with E-state index in [-0.39, 0.29) is 43.9 Å². The minimum Gasteiger partial charge on any atom is -0.479 e. The highest BCUT2D eigenvalue weighted by Crippen LogP contribution is 2.26. The molecule has 0 aliphatic carbocycles. The molecule has 2 aromatic carbocycles. The number of nitrogens with zero attached hydrogens (tertiary/aromatic N) is 3. The summed E-state index contributed by atoms with van der Waals surface area (Å²) in [6.45, 7) is 4.06. The van der Waals surface area contributed by atoms with E-state index >= 15 is 0 Å². The highest BCUT2D eigenvalue weighted by atomic mass is 35.5. The molecule has 5 N–H and O–H groups in total. The second-order valence-corrected chi connectivity index (χ2v) is 9.75. The number of carboxylic acid groups (broad SMARTS) is 1. The predicted molar refractivity (Wildman–Crippen MR) is 140 cm³/mol. The van der Waals surface area contributed by atoms with Gasteiger partial charge in [-0.15, -0.1) is 5.10 Å². The topological polar surface area (TPSA) is 162 Å². The van der Waals surface area contributed by atoms with Crippen molar-refractivity contribution in [3.8, 4) is 11.1 Å². The Labute approximate surface area is 229 Å². The number of aromatic nitrogens is 3. The molecule has 11 nitrogen and oxygen atoms in total. The van der Waals surface area contributed by atoms with Crippen LogP contribution in [0.4, 0.5) is 4.39 Å². The quantitative estimate of drug-likeness (QED) is 0.170. The number of nitrogens with two attached hydrogens (primary N) is 1. The highest BCUT2D eigenvalue weighted by molar-refractivity contribution is 6.30. The van der Waals surface area contributed by atoms with Gasteiger partial charge in [0.05, 0.1) is 6.61 Å². The molecule has 0 aliphatic heterocycles. The van der Waals surface area contributed by atoms with Crippen LogP contribution in [0.3, 0.4) is 0 Å². The van der Waals surface area contributed by atoms with E-state index < -0.39 is 29.8 Å². The maximum atomic E-state index is 14.2. The van der Waals surface area contributed by atoms with Crippen molar-refractivity contribution >= 4 is 23.5 Å². The van der Waals surface area contributed by atoms with Gasteiger partial charge < -0.3 is 30.8 Å². The van der Waals surface area contributed by atoms with Gasteiger partial charge in [-0.1, -0.05) is 54.6 Å². The molecule has 0 radical (unpaired) electrons. The van der Waals surface area contributed by atoms with Crippen molar-refractivity contribution in [3.63, 3.8) is 0 Å². The number of rotatable bonds is 14. The largest absolute Gasteiger partial charge is 0.479 e. The molecule has 1 aromatic heterocycles. The fourth-order valence-corrected chi connectivity index (χ4v) is 3.70. The van der Waals surface area contributed by atoms with Crippen molar-refractivity contribution in [2.24, 2.45) is 11.7 Å². The summed E-state index contributed by atoms with van der Waals surface area (Å²) in [4.78, 5) is 30.3. The zero-order valence-corrected chi connectivity index (χ0v) is 22.2. The number of aliphatic hydroxyl groups excluding tert-OH is 1. The summed E-state index contributed by atoms with van der Waals surface area (Å²) >= 11 is 5.99. The minimum absolute atomic E-state index is 0.0875. The van der Waals surface area contributed by atoms with E-state index in [1.54, 1.807) is 24.3 Å². The van der Waals surface area contributed by atoms with E-state index in [1.807, 2.05) is 13.8 Å². The summed E-state index contributed by atoms with van der Waals surface area (Å²) in [7, 11) is 0. The zero-order valence-electron chi connectivity index (χ0n) is 21.5. The molecule has 0 fully saturated rings. The molecule has 13 heteroatoms. The predicted octanol–water partition coefficient (Wildman–Crippen LogP) is 2.30. The molecule has 0 saturated heterocycles. The standard InChI is InChI=1S/C26H31ClFN5O6/c1-15(2)22(29)13-38-14-39-33-12-23(31-32-33)25(35)30-19(11-24(34)26(36)37)9-16-3-5-17(6-4-16)20-10-18(27)7-8-21(20)28/h3-8,10,12,15,19,22,24,34H,9,11,13-14,29H2,1-2H3,(H,30,35)(H,36,37)/t19-,22-,24-/m1/s1. The number of carbonyl (C=O) groups is 2.